The molecule has 12 heteroatoms. The molecule has 2 aromatic carbocycles. The average molecular weight is 577 g/mol. The van der Waals surface area contributed by atoms with Gasteiger partial charge >= 0.3 is 0 Å². The minimum absolute atomic E-state index is 0.262. The largest absolute Gasteiger partial charge is 0.369 e. The number of likely N-dealkylation sites (tertiary alicyclic amines) is 1. The lowest BCUT2D eigenvalue weighted by Crippen LogP contribution is -2.30. The molecule has 0 radical (unpaired) electrons. The van der Waals surface area contributed by atoms with Crippen molar-refractivity contribution < 1.29 is 12.8 Å². The summed E-state index contributed by atoms with van der Waals surface area (Å²) in [6.45, 7) is 4.31. The van der Waals surface area contributed by atoms with Crippen LogP contribution in [0.15, 0.2) is 48.7 Å². The molecule has 0 bridgehead atoms. The van der Waals surface area contributed by atoms with Crippen molar-refractivity contribution in [2.24, 2.45) is 5.41 Å². The highest BCUT2D eigenvalue weighted by molar-refractivity contribution is 7.92. The van der Waals surface area contributed by atoms with E-state index in [1.54, 1.807) is 6.20 Å². The van der Waals surface area contributed by atoms with Crippen molar-refractivity contribution in [3.8, 4) is 0 Å². The van der Waals surface area contributed by atoms with Gasteiger partial charge in [0.25, 0.3) is 0 Å². The van der Waals surface area contributed by atoms with E-state index in [4.69, 9.17) is 4.98 Å². The molecule has 4 aromatic rings. The summed E-state index contributed by atoms with van der Waals surface area (Å²) in [4.78, 5) is 16.9. The second kappa shape index (κ2) is 9.59. The molecule has 10 nitrogen and oxygen atoms in total. The monoisotopic (exact) mass is 576 g/mol. The number of benzene rings is 2. The number of para-hydroxylation sites is 1. The number of halogens is 1. The number of anilines is 6. The first-order valence-electron chi connectivity index (χ1n) is 13.9. The van der Waals surface area contributed by atoms with E-state index in [-0.39, 0.29) is 17.2 Å². The number of aromatic nitrogens is 3. The summed E-state index contributed by atoms with van der Waals surface area (Å²) in [5.41, 5.74) is 4.26. The van der Waals surface area contributed by atoms with E-state index >= 15 is 4.39 Å². The van der Waals surface area contributed by atoms with Crippen LogP contribution in [0.4, 0.5) is 38.9 Å². The van der Waals surface area contributed by atoms with E-state index in [1.165, 1.54) is 16.6 Å². The van der Waals surface area contributed by atoms with Gasteiger partial charge in [-0.05, 0) is 68.8 Å². The highest BCUT2D eigenvalue weighted by atomic mass is 32.2. The van der Waals surface area contributed by atoms with Crippen molar-refractivity contribution in [3.05, 3.63) is 60.0 Å². The Morgan fingerprint density at radius 3 is 2.66 bits per heavy atom. The first-order chi connectivity index (χ1) is 19.7. The number of rotatable bonds is 6. The molecule has 41 heavy (non-hydrogen) atoms. The van der Waals surface area contributed by atoms with Crippen LogP contribution < -0.4 is 19.8 Å². The van der Waals surface area contributed by atoms with Gasteiger partial charge in [-0.25, -0.2) is 12.8 Å². The molecule has 214 valence electrons. The third-order valence-electron chi connectivity index (χ3n) is 8.63. The molecule has 3 aliphatic rings. The summed E-state index contributed by atoms with van der Waals surface area (Å²) < 4.78 is 41.7. The molecule has 0 aliphatic carbocycles. The Morgan fingerprint density at radius 2 is 1.88 bits per heavy atom. The van der Waals surface area contributed by atoms with Gasteiger partial charge in [-0.1, -0.05) is 12.1 Å². The molecule has 0 saturated carbocycles. The molecule has 3 aliphatic heterocycles. The number of nitrogens with one attached hydrogen (secondary N) is 3. The molecule has 2 saturated heterocycles. The average Bonchev–Trinajstić information content (AvgIpc) is 3.71. The number of aromatic amines is 1. The Balaban J connectivity index is 1.15. The smallest absolute Gasteiger partial charge is 0.232 e. The van der Waals surface area contributed by atoms with Crippen LogP contribution >= 0.6 is 0 Å². The van der Waals surface area contributed by atoms with E-state index in [0.717, 1.165) is 50.0 Å². The zero-order chi connectivity index (χ0) is 28.4. The maximum Gasteiger partial charge on any atom is 0.232 e. The SMILES string of the molecule is CN1CCC2(CCN(c3ccc(Nc4nc(Nc5cccc6c5N(S(C)(=O)=O)CC6)c5cc[nH]c5n4)cc3F)C2)C1. The highest BCUT2D eigenvalue weighted by Gasteiger charge is 2.42. The van der Waals surface area contributed by atoms with Gasteiger partial charge in [-0.2, -0.15) is 9.97 Å². The van der Waals surface area contributed by atoms with E-state index in [2.05, 4.69) is 37.4 Å². The van der Waals surface area contributed by atoms with Crippen LogP contribution in [0, 0.1) is 11.2 Å². The van der Waals surface area contributed by atoms with Crippen molar-refractivity contribution in [2.45, 2.75) is 19.3 Å². The molecule has 5 heterocycles. The van der Waals surface area contributed by atoms with Crippen LogP contribution in [-0.4, -0.2) is 74.3 Å². The molecule has 1 atom stereocenters. The van der Waals surface area contributed by atoms with Gasteiger partial charge in [0.15, 0.2) is 0 Å². The van der Waals surface area contributed by atoms with Crippen LogP contribution in [0.1, 0.15) is 18.4 Å². The van der Waals surface area contributed by atoms with Crippen LogP contribution in [0.25, 0.3) is 11.0 Å². The van der Waals surface area contributed by atoms with Crippen LogP contribution in [0.3, 0.4) is 0 Å². The molecular weight excluding hydrogens is 543 g/mol. The number of nitrogens with zero attached hydrogens (tertiary/aromatic N) is 5. The normalized spacial score (nSPS) is 20.9. The van der Waals surface area contributed by atoms with Crippen molar-refractivity contribution in [3.63, 3.8) is 0 Å². The topological polar surface area (TPSA) is 109 Å². The Kier molecular flexibility index (Phi) is 6.09. The van der Waals surface area contributed by atoms with Gasteiger partial charge in [0.1, 0.15) is 17.3 Å². The van der Waals surface area contributed by atoms with Gasteiger partial charge < -0.3 is 25.4 Å². The first kappa shape index (κ1) is 26.0. The van der Waals surface area contributed by atoms with E-state index in [1.807, 2.05) is 36.4 Å². The quantitative estimate of drug-likeness (QED) is 0.309. The first-order valence-corrected chi connectivity index (χ1v) is 15.7. The number of sulfonamides is 1. The third-order valence-corrected chi connectivity index (χ3v) is 9.80. The van der Waals surface area contributed by atoms with Crippen molar-refractivity contribution in [2.75, 3.05) is 65.9 Å². The minimum atomic E-state index is -3.43. The van der Waals surface area contributed by atoms with Crippen LogP contribution in [0.2, 0.25) is 0 Å². The fourth-order valence-electron chi connectivity index (χ4n) is 6.68. The Hall–Kier alpha value is -3.90. The second-order valence-corrected chi connectivity index (χ2v) is 13.5. The Labute approximate surface area is 238 Å². The predicted octanol–water partition coefficient (Wildman–Crippen LogP) is 4.44. The summed E-state index contributed by atoms with van der Waals surface area (Å²) in [7, 11) is -1.28. The zero-order valence-electron chi connectivity index (χ0n) is 23.1. The van der Waals surface area contributed by atoms with Gasteiger partial charge in [0, 0.05) is 43.5 Å². The lowest BCUT2D eigenvalue weighted by Gasteiger charge is -2.25. The van der Waals surface area contributed by atoms with Crippen molar-refractivity contribution in [1.82, 2.24) is 19.9 Å². The lowest BCUT2D eigenvalue weighted by atomic mass is 9.86. The molecule has 0 amide bonds. The van der Waals surface area contributed by atoms with E-state index in [9.17, 15) is 8.42 Å². The minimum Gasteiger partial charge on any atom is -0.369 e. The molecule has 3 N–H and O–H groups in total. The van der Waals surface area contributed by atoms with Crippen molar-refractivity contribution >= 4 is 55.6 Å². The second-order valence-electron chi connectivity index (χ2n) is 11.6. The van der Waals surface area contributed by atoms with Gasteiger partial charge in [0.05, 0.1) is 28.7 Å². The predicted molar refractivity (Wildman–Crippen MR) is 161 cm³/mol. The van der Waals surface area contributed by atoms with Crippen LogP contribution in [0.5, 0.6) is 0 Å². The molecule has 2 fully saturated rings. The molecule has 1 spiro atoms. The molecule has 2 aromatic heterocycles. The van der Waals surface area contributed by atoms with E-state index < -0.39 is 10.0 Å². The lowest BCUT2D eigenvalue weighted by molar-refractivity contribution is 0.312. The molecule has 7 rings (SSSR count). The highest BCUT2D eigenvalue weighted by Crippen LogP contribution is 2.42. The number of fused-ring (bicyclic) bond motifs is 2. The fourth-order valence-corrected chi connectivity index (χ4v) is 7.65. The number of hydrogen-bond acceptors (Lipinski definition) is 8. The van der Waals surface area contributed by atoms with Gasteiger partial charge in [0.2, 0.25) is 16.0 Å². The van der Waals surface area contributed by atoms with Crippen LogP contribution in [-0.2, 0) is 16.4 Å². The summed E-state index contributed by atoms with van der Waals surface area (Å²) >= 11 is 0. The maximum atomic E-state index is 15.4. The molecular formula is C29H33FN8O2S. The number of hydrogen-bond donors (Lipinski definition) is 3. The molecule has 1 unspecified atom stereocenters. The standard InChI is InChI=1S/C29H33FN8O2S/c1-36-14-10-29(17-36)11-15-37(18-29)24-7-6-20(16-22(24)30)32-28-34-26-21(8-12-31-26)27(35-28)33-23-5-3-4-19-9-13-38(25(19)23)41(2,39)40/h3-8,12,16H,9-11,13-15,17-18H2,1-2H3,(H3,31,32,33,34,35). The summed E-state index contributed by atoms with van der Waals surface area (Å²) in [5, 5.41) is 7.25. The van der Waals surface area contributed by atoms with Gasteiger partial charge in [-0.3, -0.25) is 4.31 Å². The Morgan fingerprint density at radius 1 is 1.02 bits per heavy atom. The maximum absolute atomic E-state index is 15.4. The van der Waals surface area contributed by atoms with E-state index in [0.29, 0.717) is 47.2 Å². The zero-order valence-corrected chi connectivity index (χ0v) is 23.9. The van der Waals surface area contributed by atoms with Crippen molar-refractivity contribution in [1.29, 1.82) is 0 Å². The third kappa shape index (κ3) is 4.74. The number of H-pyrrole nitrogens is 1. The van der Waals surface area contributed by atoms with Gasteiger partial charge in [-0.15, -0.1) is 0 Å². The Bertz CT molecular complexity index is 1760. The summed E-state index contributed by atoms with van der Waals surface area (Å²) in [5.74, 6) is 0.517. The summed E-state index contributed by atoms with van der Waals surface area (Å²) in [6, 6.07) is 12.7. The fraction of sp³-hybridized carbons (Fsp3) is 0.379. The summed E-state index contributed by atoms with van der Waals surface area (Å²) in [6.07, 6.45) is 5.88.